The zero-order valence-corrected chi connectivity index (χ0v) is 13.3. The molecule has 3 rings (SSSR count). The molecule has 2 heterocycles. The summed E-state index contributed by atoms with van der Waals surface area (Å²) in [5.41, 5.74) is 2.64. The fraction of sp³-hybridized carbons (Fsp3) is 0.167. The monoisotopic (exact) mass is 312 g/mol. The summed E-state index contributed by atoms with van der Waals surface area (Å²) in [6, 6.07) is 7.29. The molecule has 1 aliphatic heterocycles. The quantitative estimate of drug-likeness (QED) is 0.610. The number of rotatable bonds is 4. The molecule has 0 saturated heterocycles. The zero-order chi connectivity index (χ0) is 15.7. The molecule has 1 aromatic carbocycles. The van der Waals surface area contributed by atoms with E-state index in [0.717, 1.165) is 16.0 Å². The molecule has 0 atom stereocenters. The van der Waals surface area contributed by atoms with Crippen molar-refractivity contribution in [3.8, 4) is 11.5 Å². The Balaban J connectivity index is 1.86. The number of fused-ring (bicyclic) bond motifs is 1. The largest absolute Gasteiger partial charge is 0.489 e. The normalized spacial score (nSPS) is 14.8. The van der Waals surface area contributed by atoms with Gasteiger partial charge in [-0.05, 0) is 48.6 Å². The van der Waals surface area contributed by atoms with Gasteiger partial charge in [-0.2, -0.15) is 0 Å². The van der Waals surface area contributed by atoms with Crippen LogP contribution in [0.3, 0.4) is 0 Å². The summed E-state index contributed by atoms with van der Waals surface area (Å²) in [5, 5.41) is 2.00. The Morgan fingerprint density at radius 2 is 2.23 bits per heavy atom. The second-order valence-corrected chi connectivity index (χ2v) is 6.26. The molecule has 0 saturated carbocycles. The molecule has 0 aliphatic carbocycles. The summed E-state index contributed by atoms with van der Waals surface area (Å²) in [7, 11) is 0. The second kappa shape index (κ2) is 5.81. The summed E-state index contributed by atoms with van der Waals surface area (Å²) < 4.78 is 11.3. The van der Waals surface area contributed by atoms with Crippen LogP contribution in [0.4, 0.5) is 0 Å². The van der Waals surface area contributed by atoms with Gasteiger partial charge in [-0.15, -0.1) is 11.3 Å². The lowest BCUT2D eigenvalue weighted by Crippen LogP contribution is -1.98. The van der Waals surface area contributed by atoms with E-state index < -0.39 is 0 Å². The fourth-order valence-electron chi connectivity index (χ4n) is 2.11. The smallest absolute Gasteiger partial charge is 0.232 e. The SMILES string of the molecule is C=C(C)COc1ccc2c(c1)O/C(=C/c1sccc1C)C2=O. The van der Waals surface area contributed by atoms with Gasteiger partial charge < -0.3 is 9.47 Å². The van der Waals surface area contributed by atoms with E-state index in [9.17, 15) is 4.79 Å². The van der Waals surface area contributed by atoms with Crippen LogP contribution >= 0.6 is 11.3 Å². The summed E-state index contributed by atoms with van der Waals surface area (Å²) in [6.07, 6.45) is 1.80. The maximum atomic E-state index is 12.4. The van der Waals surface area contributed by atoms with Crippen molar-refractivity contribution in [1.29, 1.82) is 0 Å². The summed E-state index contributed by atoms with van der Waals surface area (Å²) >= 11 is 1.59. The number of Topliss-reactive ketones (excluding diaryl/α,β-unsaturated/α-hetero) is 1. The molecule has 0 unspecified atom stereocenters. The first-order valence-electron chi connectivity index (χ1n) is 6.94. The lowest BCUT2D eigenvalue weighted by atomic mass is 10.1. The van der Waals surface area contributed by atoms with Gasteiger partial charge in [0.15, 0.2) is 5.76 Å². The van der Waals surface area contributed by atoms with E-state index in [0.29, 0.717) is 29.4 Å². The molecule has 4 heteroatoms. The van der Waals surface area contributed by atoms with Crippen molar-refractivity contribution in [2.24, 2.45) is 0 Å². The minimum absolute atomic E-state index is 0.0887. The van der Waals surface area contributed by atoms with Crippen LogP contribution in [0.1, 0.15) is 27.7 Å². The minimum atomic E-state index is -0.0887. The van der Waals surface area contributed by atoms with Gasteiger partial charge in [0.25, 0.3) is 0 Å². The van der Waals surface area contributed by atoms with E-state index in [2.05, 4.69) is 6.58 Å². The molecular weight excluding hydrogens is 296 g/mol. The molecule has 0 fully saturated rings. The van der Waals surface area contributed by atoms with Gasteiger partial charge in [0.1, 0.15) is 18.1 Å². The third kappa shape index (κ3) is 2.83. The number of ketones is 1. The van der Waals surface area contributed by atoms with Crippen molar-refractivity contribution >= 4 is 23.2 Å². The predicted octanol–water partition coefficient (Wildman–Crippen LogP) is 4.63. The van der Waals surface area contributed by atoms with Crippen molar-refractivity contribution in [1.82, 2.24) is 0 Å². The number of benzene rings is 1. The van der Waals surface area contributed by atoms with Crippen LogP contribution in [0, 0.1) is 6.92 Å². The van der Waals surface area contributed by atoms with E-state index in [4.69, 9.17) is 9.47 Å². The molecule has 1 aromatic heterocycles. The van der Waals surface area contributed by atoms with E-state index in [1.165, 1.54) is 0 Å². The average molecular weight is 312 g/mol. The first-order valence-corrected chi connectivity index (χ1v) is 7.82. The van der Waals surface area contributed by atoms with Crippen LogP contribution in [0.5, 0.6) is 11.5 Å². The van der Waals surface area contributed by atoms with Gasteiger partial charge in [-0.1, -0.05) is 6.58 Å². The van der Waals surface area contributed by atoms with Gasteiger partial charge in [-0.3, -0.25) is 4.79 Å². The average Bonchev–Trinajstić information content (AvgIpc) is 3.02. The lowest BCUT2D eigenvalue weighted by molar-refractivity contribution is 0.101. The van der Waals surface area contributed by atoms with Crippen LogP contribution in [0.25, 0.3) is 6.08 Å². The fourth-order valence-corrected chi connectivity index (χ4v) is 2.96. The topological polar surface area (TPSA) is 35.5 Å². The number of hydrogen-bond donors (Lipinski definition) is 0. The standard InChI is InChI=1S/C18H16O3S/c1-11(2)10-20-13-4-5-14-15(8-13)21-16(18(14)19)9-17-12(3)6-7-22-17/h4-9H,1,10H2,2-3H3/b16-9+. The first kappa shape index (κ1) is 14.6. The molecule has 0 bridgehead atoms. The Kier molecular flexibility index (Phi) is 3.86. The third-order valence-corrected chi connectivity index (χ3v) is 4.26. The Labute approximate surface area is 133 Å². The lowest BCUT2D eigenvalue weighted by Gasteiger charge is -2.06. The Morgan fingerprint density at radius 1 is 1.41 bits per heavy atom. The maximum absolute atomic E-state index is 12.4. The summed E-state index contributed by atoms with van der Waals surface area (Å²) in [5.74, 6) is 1.49. The molecule has 0 spiro atoms. The second-order valence-electron chi connectivity index (χ2n) is 5.31. The predicted molar refractivity (Wildman–Crippen MR) is 88.7 cm³/mol. The molecule has 112 valence electrons. The molecule has 22 heavy (non-hydrogen) atoms. The van der Waals surface area contributed by atoms with Crippen LogP contribution in [-0.4, -0.2) is 12.4 Å². The highest BCUT2D eigenvalue weighted by Gasteiger charge is 2.28. The number of thiophene rings is 1. The van der Waals surface area contributed by atoms with Crippen molar-refractivity contribution in [3.05, 3.63) is 63.6 Å². The number of aryl methyl sites for hydroxylation is 1. The van der Waals surface area contributed by atoms with Crippen molar-refractivity contribution < 1.29 is 14.3 Å². The van der Waals surface area contributed by atoms with E-state index in [-0.39, 0.29) is 5.78 Å². The van der Waals surface area contributed by atoms with Crippen LogP contribution in [-0.2, 0) is 0 Å². The molecule has 0 radical (unpaired) electrons. The van der Waals surface area contributed by atoms with Crippen LogP contribution in [0.2, 0.25) is 0 Å². The molecule has 0 amide bonds. The van der Waals surface area contributed by atoms with Crippen molar-refractivity contribution in [2.45, 2.75) is 13.8 Å². The number of carbonyl (C=O) groups excluding carboxylic acids is 1. The Morgan fingerprint density at radius 3 is 2.91 bits per heavy atom. The highest BCUT2D eigenvalue weighted by Crippen LogP contribution is 2.35. The zero-order valence-electron chi connectivity index (χ0n) is 12.5. The number of ether oxygens (including phenoxy) is 2. The summed E-state index contributed by atoms with van der Waals surface area (Å²) in [4.78, 5) is 13.4. The minimum Gasteiger partial charge on any atom is -0.489 e. The van der Waals surface area contributed by atoms with E-state index in [1.54, 1.807) is 35.6 Å². The molecule has 3 nitrogen and oxygen atoms in total. The highest BCUT2D eigenvalue weighted by atomic mass is 32.1. The molecule has 2 aromatic rings. The van der Waals surface area contributed by atoms with Gasteiger partial charge in [0.05, 0.1) is 5.56 Å². The van der Waals surface area contributed by atoms with Crippen LogP contribution < -0.4 is 9.47 Å². The Bertz CT molecular complexity index is 783. The van der Waals surface area contributed by atoms with Crippen LogP contribution in [0.15, 0.2) is 47.6 Å². The summed E-state index contributed by atoms with van der Waals surface area (Å²) in [6.45, 7) is 8.16. The number of allylic oxidation sites excluding steroid dienone is 1. The van der Waals surface area contributed by atoms with E-state index >= 15 is 0 Å². The van der Waals surface area contributed by atoms with Crippen molar-refractivity contribution in [2.75, 3.05) is 6.61 Å². The number of hydrogen-bond acceptors (Lipinski definition) is 4. The Hall–Kier alpha value is -2.33. The highest BCUT2D eigenvalue weighted by molar-refractivity contribution is 7.11. The first-order chi connectivity index (χ1) is 10.5. The van der Waals surface area contributed by atoms with Gasteiger partial charge >= 0.3 is 0 Å². The molecule has 1 aliphatic rings. The maximum Gasteiger partial charge on any atom is 0.232 e. The van der Waals surface area contributed by atoms with Crippen molar-refractivity contribution in [3.63, 3.8) is 0 Å². The number of carbonyl (C=O) groups is 1. The van der Waals surface area contributed by atoms with Gasteiger partial charge in [0.2, 0.25) is 5.78 Å². The van der Waals surface area contributed by atoms with Gasteiger partial charge in [-0.25, -0.2) is 0 Å². The third-order valence-electron chi connectivity index (χ3n) is 3.29. The van der Waals surface area contributed by atoms with Gasteiger partial charge in [0, 0.05) is 17.0 Å². The molecule has 0 N–H and O–H groups in total. The molecular formula is C18H16O3S. The van der Waals surface area contributed by atoms with E-state index in [1.807, 2.05) is 25.3 Å².